The molecule has 0 fully saturated rings. The fraction of sp³-hybridized carbons (Fsp3) is 0.176. The average molecular weight is 394 g/mol. The molecule has 140 valence electrons. The Bertz CT molecular complexity index is 889. The van der Waals surface area contributed by atoms with Crippen LogP contribution in [0.25, 0.3) is 4.91 Å². The Kier molecular flexibility index (Phi) is 5.23. The van der Waals surface area contributed by atoms with Gasteiger partial charge in [-0.2, -0.15) is 13.2 Å². The third kappa shape index (κ3) is 3.35. The standard InChI is InChI=1S/C17H12F6O2S/c1-11(26(24,25)14-5-3-2-4-6-14)12-7-9-13(10-8-12)16(20,15(18)19)17(21,22)23/h2-10,15H,1H2. The molecule has 0 saturated carbocycles. The van der Waals surface area contributed by atoms with E-state index in [9.17, 15) is 34.8 Å². The number of rotatable bonds is 5. The van der Waals surface area contributed by atoms with Crippen molar-refractivity contribution in [3.63, 3.8) is 0 Å². The van der Waals surface area contributed by atoms with Gasteiger partial charge in [0.25, 0.3) is 12.1 Å². The number of alkyl halides is 6. The fourth-order valence-electron chi connectivity index (χ4n) is 2.21. The molecule has 2 nitrogen and oxygen atoms in total. The van der Waals surface area contributed by atoms with Crippen LogP contribution in [0.15, 0.2) is 66.1 Å². The Balaban J connectivity index is 2.43. The average Bonchev–Trinajstić information content (AvgIpc) is 2.60. The van der Waals surface area contributed by atoms with E-state index in [4.69, 9.17) is 0 Å². The summed E-state index contributed by atoms with van der Waals surface area (Å²) in [6.07, 6.45) is -10.2. The van der Waals surface area contributed by atoms with Gasteiger partial charge in [0.15, 0.2) is 0 Å². The van der Waals surface area contributed by atoms with Crippen LogP contribution in [0.3, 0.4) is 0 Å². The quantitative estimate of drug-likeness (QED) is 0.660. The summed E-state index contributed by atoms with van der Waals surface area (Å²) in [5.74, 6) is 0. The van der Waals surface area contributed by atoms with Crippen LogP contribution in [0.1, 0.15) is 11.1 Å². The highest BCUT2D eigenvalue weighted by molar-refractivity contribution is 8.00. The largest absolute Gasteiger partial charge is 0.432 e. The molecule has 1 unspecified atom stereocenters. The zero-order valence-electron chi connectivity index (χ0n) is 13.0. The summed E-state index contributed by atoms with van der Waals surface area (Å²) in [5.41, 5.74) is -6.32. The van der Waals surface area contributed by atoms with Crippen molar-refractivity contribution < 1.29 is 34.8 Å². The molecule has 9 heteroatoms. The SMILES string of the molecule is C=C(c1ccc(C(F)(C(F)F)C(F)(F)F)cc1)S(=O)(=O)c1ccccc1. The molecular formula is C17H12F6O2S. The predicted octanol–water partition coefficient (Wildman–Crippen LogP) is 5.12. The van der Waals surface area contributed by atoms with Crippen molar-refractivity contribution in [2.75, 3.05) is 0 Å². The van der Waals surface area contributed by atoms with Gasteiger partial charge in [-0.15, -0.1) is 0 Å². The minimum atomic E-state index is -5.84. The molecule has 0 saturated heterocycles. The summed E-state index contributed by atoms with van der Waals surface area (Å²) in [7, 11) is -4.04. The smallest absolute Gasteiger partial charge is 0.222 e. The normalized spacial score (nSPS) is 14.9. The lowest BCUT2D eigenvalue weighted by molar-refractivity contribution is -0.274. The summed E-state index contributed by atoms with van der Waals surface area (Å²) < 4.78 is 102. The zero-order valence-corrected chi connectivity index (χ0v) is 13.8. The van der Waals surface area contributed by atoms with E-state index in [-0.39, 0.29) is 10.5 Å². The van der Waals surface area contributed by atoms with Crippen LogP contribution in [-0.4, -0.2) is 21.0 Å². The molecule has 0 aliphatic rings. The van der Waals surface area contributed by atoms with Gasteiger partial charge in [0.2, 0.25) is 9.84 Å². The predicted molar refractivity (Wildman–Crippen MR) is 83.9 cm³/mol. The molecule has 2 rings (SSSR count). The van der Waals surface area contributed by atoms with Gasteiger partial charge in [0.05, 0.1) is 9.80 Å². The molecule has 0 aliphatic heterocycles. The highest BCUT2D eigenvalue weighted by atomic mass is 32.2. The van der Waals surface area contributed by atoms with E-state index in [0.717, 1.165) is 12.1 Å². The van der Waals surface area contributed by atoms with Crippen LogP contribution in [-0.2, 0) is 15.5 Å². The van der Waals surface area contributed by atoms with Crippen molar-refractivity contribution in [2.45, 2.75) is 23.2 Å². The van der Waals surface area contributed by atoms with Crippen LogP contribution in [0, 0.1) is 0 Å². The minimum absolute atomic E-state index is 0.100. The van der Waals surface area contributed by atoms with E-state index in [1.165, 1.54) is 24.3 Å². The summed E-state index contributed by atoms with van der Waals surface area (Å²) in [5, 5.41) is 0. The number of benzene rings is 2. The molecule has 0 heterocycles. The van der Waals surface area contributed by atoms with Crippen molar-refractivity contribution in [3.8, 4) is 0 Å². The lowest BCUT2D eigenvalue weighted by Crippen LogP contribution is -2.44. The van der Waals surface area contributed by atoms with Crippen molar-refractivity contribution in [2.24, 2.45) is 0 Å². The van der Waals surface area contributed by atoms with Gasteiger partial charge in [0, 0.05) is 5.56 Å². The molecule has 0 radical (unpaired) electrons. The number of hydrogen-bond donors (Lipinski definition) is 0. The Morgan fingerprint density at radius 1 is 0.885 bits per heavy atom. The first-order chi connectivity index (χ1) is 11.9. The molecule has 0 bridgehead atoms. The Morgan fingerprint density at radius 3 is 1.81 bits per heavy atom. The third-order valence-electron chi connectivity index (χ3n) is 3.72. The van der Waals surface area contributed by atoms with Gasteiger partial charge < -0.3 is 0 Å². The van der Waals surface area contributed by atoms with E-state index in [2.05, 4.69) is 6.58 Å². The monoisotopic (exact) mass is 394 g/mol. The van der Waals surface area contributed by atoms with Crippen molar-refractivity contribution >= 4 is 14.7 Å². The van der Waals surface area contributed by atoms with Gasteiger partial charge >= 0.3 is 6.18 Å². The molecule has 1 atom stereocenters. The summed E-state index contributed by atoms with van der Waals surface area (Å²) in [6.45, 7) is 3.40. The lowest BCUT2D eigenvalue weighted by atomic mass is 9.94. The number of sulfone groups is 1. The highest BCUT2D eigenvalue weighted by Crippen LogP contribution is 2.47. The van der Waals surface area contributed by atoms with Gasteiger partial charge in [-0.05, 0) is 17.7 Å². The van der Waals surface area contributed by atoms with E-state index in [0.29, 0.717) is 12.1 Å². The Labute approximate surface area is 145 Å². The van der Waals surface area contributed by atoms with Crippen LogP contribution in [0.5, 0.6) is 0 Å². The molecule has 2 aromatic rings. The summed E-state index contributed by atoms with van der Waals surface area (Å²) in [6, 6.07) is 9.66. The molecular weight excluding hydrogens is 382 g/mol. The zero-order chi connectivity index (χ0) is 19.8. The second kappa shape index (κ2) is 6.79. The molecule has 0 aromatic heterocycles. The fourth-order valence-corrected chi connectivity index (χ4v) is 3.46. The van der Waals surface area contributed by atoms with Crippen molar-refractivity contribution in [1.29, 1.82) is 0 Å². The first-order valence-electron chi connectivity index (χ1n) is 7.06. The van der Waals surface area contributed by atoms with Crippen LogP contribution in [0.2, 0.25) is 0 Å². The third-order valence-corrected chi connectivity index (χ3v) is 5.50. The van der Waals surface area contributed by atoms with Gasteiger partial charge in [-0.25, -0.2) is 21.6 Å². The number of halogens is 6. The van der Waals surface area contributed by atoms with Gasteiger partial charge in [-0.1, -0.05) is 49.0 Å². The topological polar surface area (TPSA) is 34.1 Å². The van der Waals surface area contributed by atoms with Crippen molar-refractivity contribution in [1.82, 2.24) is 0 Å². The molecule has 0 aliphatic carbocycles. The Hall–Kier alpha value is -2.29. The van der Waals surface area contributed by atoms with Gasteiger partial charge in [0.1, 0.15) is 0 Å². The van der Waals surface area contributed by atoms with E-state index in [1.807, 2.05) is 0 Å². The maximum Gasteiger partial charge on any atom is 0.432 e. The number of hydrogen-bond acceptors (Lipinski definition) is 2. The van der Waals surface area contributed by atoms with E-state index < -0.39 is 38.6 Å². The minimum Gasteiger partial charge on any atom is -0.222 e. The van der Waals surface area contributed by atoms with Crippen LogP contribution >= 0.6 is 0 Å². The second-order valence-corrected chi connectivity index (χ2v) is 7.30. The van der Waals surface area contributed by atoms with Crippen LogP contribution < -0.4 is 0 Å². The molecule has 0 N–H and O–H groups in total. The first-order valence-corrected chi connectivity index (χ1v) is 8.54. The Morgan fingerprint density at radius 2 is 1.38 bits per heavy atom. The maximum absolute atomic E-state index is 14.0. The van der Waals surface area contributed by atoms with Crippen LogP contribution in [0.4, 0.5) is 26.3 Å². The van der Waals surface area contributed by atoms with E-state index >= 15 is 0 Å². The summed E-state index contributed by atoms with van der Waals surface area (Å²) >= 11 is 0. The van der Waals surface area contributed by atoms with Crippen molar-refractivity contribution in [3.05, 3.63) is 72.3 Å². The second-order valence-electron chi connectivity index (χ2n) is 5.33. The van der Waals surface area contributed by atoms with E-state index in [1.54, 1.807) is 6.07 Å². The van der Waals surface area contributed by atoms with Gasteiger partial charge in [-0.3, -0.25) is 0 Å². The molecule has 2 aromatic carbocycles. The first kappa shape index (κ1) is 20.0. The lowest BCUT2D eigenvalue weighted by Gasteiger charge is -2.27. The summed E-state index contributed by atoms with van der Waals surface area (Å²) in [4.78, 5) is -0.555. The highest BCUT2D eigenvalue weighted by Gasteiger charge is 2.63. The molecule has 0 amide bonds. The molecule has 0 spiro atoms. The maximum atomic E-state index is 14.0. The molecule has 26 heavy (non-hydrogen) atoms.